The van der Waals surface area contributed by atoms with Crippen LogP contribution in [0.15, 0.2) is 84.2 Å². The molecular formula is C21H17ClN4O2. The largest absolute Gasteiger partial charge is 0.346 e. The summed E-state index contributed by atoms with van der Waals surface area (Å²) >= 11 is 6.07. The van der Waals surface area contributed by atoms with Gasteiger partial charge < -0.3 is 5.32 Å². The second kappa shape index (κ2) is 9.43. The first kappa shape index (κ1) is 19.3. The number of hydrogen-bond donors (Lipinski definition) is 2. The SMILES string of the molecule is O=C(NN=C(CNC(=O)c1ccccc1Cl)c1ccccc1)c1cccnc1. The average Bonchev–Trinajstić information content (AvgIpc) is 2.75. The molecule has 0 unspecified atom stereocenters. The summed E-state index contributed by atoms with van der Waals surface area (Å²) in [7, 11) is 0. The molecule has 0 aliphatic carbocycles. The average molecular weight is 393 g/mol. The van der Waals surface area contributed by atoms with E-state index in [9.17, 15) is 9.59 Å². The number of aromatic nitrogens is 1. The highest BCUT2D eigenvalue weighted by Gasteiger charge is 2.12. The molecule has 0 fully saturated rings. The van der Waals surface area contributed by atoms with Gasteiger partial charge in [-0.1, -0.05) is 54.1 Å². The summed E-state index contributed by atoms with van der Waals surface area (Å²) < 4.78 is 0. The topological polar surface area (TPSA) is 83.5 Å². The van der Waals surface area contributed by atoms with Gasteiger partial charge >= 0.3 is 0 Å². The summed E-state index contributed by atoms with van der Waals surface area (Å²) in [5.41, 5.74) is 4.53. The van der Waals surface area contributed by atoms with Crippen LogP contribution >= 0.6 is 11.6 Å². The first-order valence-corrected chi connectivity index (χ1v) is 8.88. The van der Waals surface area contributed by atoms with Gasteiger partial charge in [0.05, 0.1) is 28.4 Å². The number of nitrogens with zero attached hydrogens (tertiary/aromatic N) is 2. The molecule has 0 radical (unpaired) electrons. The summed E-state index contributed by atoms with van der Waals surface area (Å²) in [5.74, 6) is -0.716. The Hall–Kier alpha value is -3.51. The normalized spacial score (nSPS) is 11.0. The quantitative estimate of drug-likeness (QED) is 0.498. The molecule has 6 nitrogen and oxygen atoms in total. The lowest BCUT2D eigenvalue weighted by molar-refractivity contribution is 0.0951. The van der Waals surface area contributed by atoms with E-state index < -0.39 is 0 Å². The number of amides is 2. The molecule has 1 aromatic heterocycles. The van der Waals surface area contributed by atoms with Crippen LogP contribution in [0.25, 0.3) is 0 Å². The fraction of sp³-hybridized carbons (Fsp3) is 0.0476. The van der Waals surface area contributed by atoms with Crippen LogP contribution in [0.1, 0.15) is 26.3 Å². The Labute approximate surface area is 167 Å². The zero-order valence-electron chi connectivity index (χ0n) is 14.8. The van der Waals surface area contributed by atoms with Gasteiger partial charge in [0, 0.05) is 12.4 Å². The Morgan fingerprint density at radius 3 is 2.32 bits per heavy atom. The monoisotopic (exact) mass is 392 g/mol. The first-order chi connectivity index (χ1) is 13.6. The van der Waals surface area contributed by atoms with E-state index in [1.807, 2.05) is 30.3 Å². The molecule has 2 N–H and O–H groups in total. The third-order valence-electron chi connectivity index (χ3n) is 3.86. The van der Waals surface area contributed by atoms with Crippen molar-refractivity contribution in [2.24, 2.45) is 5.10 Å². The summed E-state index contributed by atoms with van der Waals surface area (Å²) in [6.45, 7) is 0.112. The van der Waals surface area contributed by atoms with Crippen molar-refractivity contribution in [3.8, 4) is 0 Å². The van der Waals surface area contributed by atoms with Gasteiger partial charge in [0.2, 0.25) is 0 Å². The predicted octanol–water partition coefficient (Wildman–Crippen LogP) is 3.30. The van der Waals surface area contributed by atoms with E-state index in [2.05, 4.69) is 20.8 Å². The number of hydrazone groups is 1. The van der Waals surface area contributed by atoms with Gasteiger partial charge in [-0.15, -0.1) is 0 Å². The molecule has 2 amide bonds. The van der Waals surface area contributed by atoms with Gasteiger partial charge in [-0.3, -0.25) is 14.6 Å². The fourth-order valence-corrected chi connectivity index (χ4v) is 2.64. The number of rotatable bonds is 6. The van der Waals surface area contributed by atoms with Gasteiger partial charge in [0.25, 0.3) is 11.8 Å². The first-order valence-electron chi connectivity index (χ1n) is 8.50. The molecule has 0 spiro atoms. The van der Waals surface area contributed by atoms with Crippen LogP contribution in [0.2, 0.25) is 5.02 Å². The van der Waals surface area contributed by atoms with Crippen LogP contribution in [-0.2, 0) is 0 Å². The van der Waals surface area contributed by atoms with E-state index >= 15 is 0 Å². The molecule has 0 aliphatic heterocycles. The lowest BCUT2D eigenvalue weighted by atomic mass is 10.1. The maximum atomic E-state index is 12.4. The molecule has 140 valence electrons. The zero-order valence-corrected chi connectivity index (χ0v) is 15.6. The number of nitrogens with one attached hydrogen (secondary N) is 2. The molecule has 3 aromatic rings. The van der Waals surface area contributed by atoms with Crippen LogP contribution < -0.4 is 10.7 Å². The molecule has 1 heterocycles. The third-order valence-corrected chi connectivity index (χ3v) is 4.19. The van der Waals surface area contributed by atoms with Crippen LogP contribution in [0.4, 0.5) is 0 Å². The van der Waals surface area contributed by atoms with Crippen LogP contribution in [0.5, 0.6) is 0 Å². The maximum absolute atomic E-state index is 12.4. The predicted molar refractivity (Wildman–Crippen MR) is 108 cm³/mol. The molecule has 0 aliphatic rings. The van der Waals surface area contributed by atoms with E-state index in [1.54, 1.807) is 42.6 Å². The van der Waals surface area contributed by atoms with E-state index in [-0.39, 0.29) is 18.4 Å². The summed E-state index contributed by atoms with van der Waals surface area (Å²) in [6.07, 6.45) is 3.03. The van der Waals surface area contributed by atoms with E-state index in [0.717, 1.165) is 5.56 Å². The second-order valence-corrected chi connectivity index (χ2v) is 6.18. The Bertz CT molecular complexity index is 992. The molecule has 0 saturated heterocycles. The van der Waals surface area contributed by atoms with Gasteiger partial charge in [-0.05, 0) is 29.8 Å². The summed E-state index contributed by atoms with van der Waals surface area (Å²) in [6, 6.07) is 19.3. The van der Waals surface area contributed by atoms with Crippen molar-refractivity contribution in [1.29, 1.82) is 0 Å². The molecule has 28 heavy (non-hydrogen) atoms. The van der Waals surface area contributed by atoms with Crippen molar-refractivity contribution in [3.63, 3.8) is 0 Å². The number of hydrogen-bond acceptors (Lipinski definition) is 4. The van der Waals surface area contributed by atoms with E-state index in [1.165, 1.54) is 6.20 Å². The Kier molecular flexibility index (Phi) is 6.49. The number of carbonyl (C=O) groups excluding carboxylic acids is 2. The van der Waals surface area contributed by atoms with Crippen LogP contribution in [0.3, 0.4) is 0 Å². The molecule has 2 aromatic carbocycles. The minimum atomic E-state index is -0.390. The minimum Gasteiger partial charge on any atom is -0.346 e. The second-order valence-electron chi connectivity index (χ2n) is 5.77. The fourth-order valence-electron chi connectivity index (χ4n) is 2.42. The lowest BCUT2D eigenvalue weighted by Crippen LogP contribution is -2.32. The van der Waals surface area contributed by atoms with Crippen LogP contribution in [-0.4, -0.2) is 29.1 Å². The Balaban J connectivity index is 1.75. The van der Waals surface area contributed by atoms with Crippen molar-refractivity contribution < 1.29 is 9.59 Å². The van der Waals surface area contributed by atoms with E-state index in [4.69, 9.17) is 11.6 Å². The zero-order chi connectivity index (χ0) is 19.8. The number of benzene rings is 2. The molecular weight excluding hydrogens is 376 g/mol. The highest BCUT2D eigenvalue weighted by atomic mass is 35.5. The van der Waals surface area contributed by atoms with Crippen molar-refractivity contribution in [2.45, 2.75) is 0 Å². The minimum absolute atomic E-state index is 0.112. The lowest BCUT2D eigenvalue weighted by Gasteiger charge is -2.10. The molecule has 3 rings (SSSR count). The van der Waals surface area contributed by atoms with Crippen molar-refractivity contribution in [1.82, 2.24) is 15.7 Å². The molecule has 0 bridgehead atoms. The molecule has 7 heteroatoms. The van der Waals surface area contributed by atoms with Gasteiger partial charge in [0.1, 0.15) is 0 Å². The molecule has 0 atom stereocenters. The summed E-state index contributed by atoms with van der Waals surface area (Å²) in [4.78, 5) is 28.6. The Morgan fingerprint density at radius 1 is 0.893 bits per heavy atom. The maximum Gasteiger partial charge on any atom is 0.272 e. The van der Waals surface area contributed by atoms with Gasteiger partial charge in [-0.2, -0.15) is 5.10 Å². The highest BCUT2D eigenvalue weighted by molar-refractivity contribution is 6.33. The van der Waals surface area contributed by atoms with Crippen molar-refractivity contribution in [3.05, 3.63) is 101 Å². The molecule has 0 saturated carbocycles. The van der Waals surface area contributed by atoms with Crippen molar-refractivity contribution >= 4 is 29.1 Å². The number of halogens is 1. The van der Waals surface area contributed by atoms with Gasteiger partial charge in [-0.25, -0.2) is 5.43 Å². The van der Waals surface area contributed by atoms with Gasteiger partial charge in [0.15, 0.2) is 0 Å². The number of pyridine rings is 1. The third kappa shape index (κ3) is 5.02. The summed E-state index contributed by atoms with van der Waals surface area (Å²) in [5, 5.41) is 7.35. The highest BCUT2D eigenvalue weighted by Crippen LogP contribution is 2.14. The van der Waals surface area contributed by atoms with E-state index in [0.29, 0.717) is 21.9 Å². The van der Waals surface area contributed by atoms with Crippen molar-refractivity contribution in [2.75, 3.05) is 6.54 Å². The standard InChI is InChI=1S/C21H17ClN4O2/c22-18-11-5-4-10-17(18)21(28)24-14-19(15-7-2-1-3-8-15)25-26-20(27)16-9-6-12-23-13-16/h1-13H,14H2,(H,24,28)(H,26,27). The van der Waals surface area contributed by atoms with Crippen LogP contribution in [0, 0.1) is 0 Å². The smallest absolute Gasteiger partial charge is 0.272 e. The number of carbonyl (C=O) groups is 2. The Morgan fingerprint density at radius 2 is 1.61 bits per heavy atom.